The predicted molar refractivity (Wildman–Crippen MR) is 116 cm³/mol. The first-order chi connectivity index (χ1) is 15.0. The molecule has 3 aromatic heterocycles. The number of hydrogen-bond acceptors (Lipinski definition) is 7. The number of nitrogens with zero attached hydrogens (tertiary/aromatic N) is 5. The number of aromatic nitrogens is 4. The molecule has 1 atom stereocenters. The fraction of sp³-hybridized carbons (Fsp3) is 0.273. The number of aliphatic hydroxyl groups is 1. The van der Waals surface area contributed by atoms with Gasteiger partial charge in [-0.25, -0.2) is 4.98 Å². The summed E-state index contributed by atoms with van der Waals surface area (Å²) in [5.74, 6) is -0.0103. The summed E-state index contributed by atoms with van der Waals surface area (Å²) in [5, 5.41) is 18.2. The molecule has 1 amide bonds. The van der Waals surface area contributed by atoms with Crippen molar-refractivity contribution in [3.63, 3.8) is 0 Å². The van der Waals surface area contributed by atoms with Crippen molar-refractivity contribution in [2.45, 2.75) is 19.4 Å². The highest BCUT2D eigenvalue weighted by atomic mass is 16.3. The molecule has 0 radical (unpaired) electrons. The van der Waals surface area contributed by atoms with Crippen LogP contribution in [0, 0.1) is 6.92 Å². The Kier molecular flexibility index (Phi) is 4.67. The molecule has 4 aromatic rings. The number of carbonyl (C=O) groups is 1. The van der Waals surface area contributed by atoms with Gasteiger partial charge in [-0.05, 0) is 37.6 Å². The van der Waals surface area contributed by atoms with Crippen LogP contribution in [0.15, 0.2) is 47.3 Å². The van der Waals surface area contributed by atoms with Crippen LogP contribution < -0.4 is 10.2 Å². The van der Waals surface area contributed by atoms with E-state index in [9.17, 15) is 9.90 Å². The van der Waals surface area contributed by atoms with Gasteiger partial charge in [-0.2, -0.15) is 5.10 Å². The van der Waals surface area contributed by atoms with E-state index in [0.29, 0.717) is 31.1 Å². The molecule has 5 rings (SSSR count). The van der Waals surface area contributed by atoms with E-state index in [4.69, 9.17) is 4.42 Å². The number of anilines is 2. The van der Waals surface area contributed by atoms with Gasteiger partial charge in [0.25, 0.3) is 5.91 Å². The van der Waals surface area contributed by atoms with Gasteiger partial charge >= 0.3 is 0 Å². The van der Waals surface area contributed by atoms with Crippen LogP contribution in [0.1, 0.15) is 22.6 Å². The first-order valence-electron chi connectivity index (χ1n) is 10.1. The van der Waals surface area contributed by atoms with Gasteiger partial charge in [0, 0.05) is 43.0 Å². The maximum Gasteiger partial charge on any atom is 0.277 e. The highest BCUT2D eigenvalue weighted by Gasteiger charge is 2.25. The molecule has 9 nitrogen and oxygen atoms in total. The number of benzene rings is 1. The zero-order chi connectivity index (χ0) is 21.5. The summed E-state index contributed by atoms with van der Waals surface area (Å²) < 4.78 is 7.29. The summed E-state index contributed by atoms with van der Waals surface area (Å²) in [6.45, 7) is 3.11. The lowest BCUT2D eigenvalue weighted by Crippen LogP contribution is -2.23. The predicted octanol–water partition coefficient (Wildman–Crippen LogP) is 2.76. The fourth-order valence-electron chi connectivity index (χ4n) is 3.89. The number of aryl methyl sites for hydroxylation is 2. The molecular weight excluding hydrogens is 396 g/mol. The lowest BCUT2D eigenvalue weighted by molar-refractivity contribution is 0.102. The number of nitrogens with one attached hydrogen (secondary N) is 1. The SMILES string of the molecule is Cc1cc(-c2nc(C(=O)Nc3cc4c(cnn4C)cc3N3CC[C@@H](O)C3)co2)ccn1. The van der Waals surface area contributed by atoms with Crippen LogP contribution in [0.4, 0.5) is 11.4 Å². The van der Waals surface area contributed by atoms with Crippen LogP contribution >= 0.6 is 0 Å². The van der Waals surface area contributed by atoms with Crippen molar-refractivity contribution >= 4 is 28.2 Å². The maximum atomic E-state index is 13.0. The van der Waals surface area contributed by atoms with E-state index < -0.39 is 0 Å². The highest BCUT2D eigenvalue weighted by Crippen LogP contribution is 2.34. The molecule has 0 unspecified atom stereocenters. The van der Waals surface area contributed by atoms with Crippen molar-refractivity contribution < 1.29 is 14.3 Å². The third-order valence-electron chi connectivity index (χ3n) is 5.50. The lowest BCUT2D eigenvalue weighted by atomic mass is 10.1. The van der Waals surface area contributed by atoms with E-state index in [2.05, 4.69) is 25.3 Å². The van der Waals surface area contributed by atoms with Gasteiger partial charge in [0.2, 0.25) is 5.89 Å². The molecule has 9 heteroatoms. The molecule has 1 aliphatic heterocycles. The summed E-state index contributed by atoms with van der Waals surface area (Å²) in [7, 11) is 1.85. The van der Waals surface area contributed by atoms with Crippen LogP contribution in [-0.2, 0) is 7.05 Å². The number of amides is 1. The molecule has 0 bridgehead atoms. The average molecular weight is 418 g/mol. The minimum absolute atomic E-state index is 0.182. The molecule has 1 saturated heterocycles. The number of hydrogen-bond donors (Lipinski definition) is 2. The van der Waals surface area contributed by atoms with Crippen LogP contribution in [0.5, 0.6) is 0 Å². The first-order valence-corrected chi connectivity index (χ1v) is 10.1. The number of pyridine rings is 1. The molecule has 1 fully saturated rings. The van der Waals surface area contributed by atoms with Gasteiger partial charge in [-0.15, -0.1) is 0 Å². The Balaban J connectivity index is 1.47. The summed E-state index contributed by atoms with van der Waals surface area (Å²) in [6.07, 6.45) is 5.13. The van der Waals surface area contributed by atoms with Gasteiger partial charge < -0.3 is 19.7 Å². The zero-order valence-electron chi connectivity index (χ0n) is 17.2. The molecule has 0 saturated carbocycles. The van der Waals surface area contributed by atoms with E-state index in [0.717, 1.165) is 27.8 Å². The number of fused-ring (bicyclic) bond motifs is 1. The van der Waals surface area contributed by atoms with Gasteiger partial charge in [0.05, 0.1) is 29.2 Å². The number of rotatable bonds is 4. The Morgan fingerprint density at radius 2 is 2.19 bits per heavy atom. The lowest BCUT2D eigenvalue weighted by Gasteiger charge is -2.22. The van der Waals surface area contributed by atoms with E-state index in [1.54, 1.807) is 23.1 Å². The molecule has 158 valence electrons. The van der Waals surface area contributed by atoms with Crippen molar-refractivity contribution in [1.29, 1.82) is 0 Å². The van der Waals surface area contributed by atoms with Crippen LogP contribution in [0.2, 0.25) is 0 Å². The minimum atomic E-state index is -0.380. The van der Waals surface area contributed by atoms with Crippen molar-refractivity contribution in [3.05, 3.63) is 54.3 Å². The molecular formula is C22H22N6O3. The number of aliphatic hydroxyl groups excluding tert-OH is 1. The quantitative estimate of drug-likeness (QED) is 0.524. The van der Waals surface area contributed by atoms with E-state index in [1.165, 1.54) is 6.26 Å². The second kappa shape index (κ2) is 7.51. The maximum absolute atomic E-state index is 13.0. The Hall–Kier alpha value is -3.72. The average Bonchev–Trinajstić information content (AvgIpc) is 3.48. The van der Waals surface area contributed by atoms with Crippen molar-refractivity contribution in [2.75, 3.05) is 23.3 Å². The Bertz CT molecular complexity index is 1280. The number of oxazole rings is 1. The first kappa shape index (κ1) is 19.3. The largest absolute Gasteiger partial charge is 0.444 e. The third-order valence-corrected chi connectivity index (χ3v) is 5.50. The topological polar surface area (TPSA) is 109 Å². The van der Waals surface area contributed by atoms with E-state index in [1.807, 2.05) is 32.2 Å². The van der Waals surface area contributed by atoms with E-state index in [-0.39, 0.29) is 17.7 Å². The molecule has 1 aromatic carbocycles. The zero-order valence-corrected chi connectivity index (χ0v) is 17.2. The summed E-state index contributed by atoms with van der Waals surface area (Å²) in [6, 6.07) is 7.52. The smallest absolute Gasteiger partial charge is 0.277 e. The Morgan fingerprint density at radius 1 is 1.32 bits per heavy atom. The third kappa shape index (κ3) is 3.64. The van der Waals surface area contributed by atoms with Gasteiger partial charge in [-0.1, -0.05) is 0 Å². The second-order valence-corrected chi connectivity index (χ2v) is 7.76. The molecule has 31 heavy (non-hydrogen) atoms. The molecule has 1 aliphatic rings. The fourth-order valence-corrected chi connectivity index (χ4v) is 3.89. The molecule has 2 N–H and O–H groups in total. The van der Waals surface area contributed by atoms with Gasteiger partial charge in [0.1, 0.15) is 6.26 Å². The van der Waals surface area contributed by atoms with Crippen LogP contribution in [-0.4, -0.2) is 50.0 Å². The van der Waals surface area contributed by atoms with E-state index >= 15 is 0 Å². The Morgan fingerprint density at radius 3 is 2.97 bits per heavy atom. The summed E-state index contributed by atoms with van der Waals surface area (Å²) >= 11 is 0. The summed E-state index contributed by atoms with van der Waals surface area (Å²) in [4.78, 5) is 23.6. The summed E-state index contributed by atoms with van der Waals surface area (Å²) in [5.41, 5.74) is 4.16. The highest BCUT2D eigenvalue weighted by molar-refractivity contribution is 6.06. The molecule has 0 aliphatic carbocycles. The van der Waals surface area contributed by atoms with Gasteiger partial charge in [-0.3, -0.25) is 14.5 Å². The second-order valence-electron chi connectivity index (χ2n) is 7.76. The molecule has 4 heterocycles. The van der Waals surface area contributed by atoms with Crippen LogP contribution in [0.3, 0.4) is 0 Å². The van der Waals surface area contributed by atoms with Crippen molar-refractivity contribution in [3.8, 4) is 11.5 Å². The van der Waals surface area contributed by atoms with Crippen molar-refractivity contribution in [2.24, 2.45) is 7.05 Å². The van der Waals surface area contributed by atoms with Gasteiger partial charge in [0.15, 0.2) is 5.69 Å². The van der Waals surface area contributed by atoms with Crippen molar-refractivity contribution in [1.82, 2.24) is 19.7 Å². The van der Waals surface area contributed by atoms with Crippen LogP contribution in [0.25, 0.3) is 22.4 Å². The normalized spacial score (nSPS) is 16.2. The molecule has 0 spiro atoms. The number of β-amino-alcohol motifs (C(OH)–C–C–N with tert-alkyl or cyclic N) is 1. The monoisotopic (exact) mass is 418 g/mol. The minimum Gasteiger partial charge on any atom is -0.444 e. The Labute approximate surface area is 178 Å². The number of carbonyl (C=O) groups excluding carboxylic acids is 1. The standard InChI is InChI=1S/C22H22N6O3/c1-13-7-14(3-5-23-13)22-26-18(12-31-22)21(30)25-17-9-19-15(10-24-27(19)2)8-20(17)28-6-4-16(29)11-28/h3,5,7-10,12,16,29H,4,6,11H2,1-2H3,(H,25,30)/t16-/m1/s1.